The molecule has 0 unspecified atom stereocenters. The van der Waals surface area contributed by atoms with Gasteiger partial charge in [0.15, 0.2) is 11.5 Å². The largest absolute Gasteiger partial charge is 0.493 e. The summed E-state index contributed by atoms with van der Waals surface area (Å²) in [5, 5.41) is 3.04. The fourth-order valence-electron chi connectivity index (χ4n) is 2.87. The molecule has 0 radical (unpaired) electrons. The van der Waals surface area contributed by atoms with Crippen molar-refractivity contribution in [3.05, 3.63) is 56.7 Å². The lowest BCUT2D eigenvalue weighted by Gasteiger charge is -2.20. The summed E-state index contributed by atoms with van der Waals surface area (Å²) in [4.78, 5) is 15.1. The molecule has 6 heteroatoms. The smallest absolute Gasteiger partial charge is 0.252 e. The fraction of sp³-hybridized carbons (Fsp3) is 0.381. The van der Waals surface area contributed by atoms with Gasteiger partial charge in [0.05, 0.1) is 19.8 Å². The number of nitrogens with zero attached hydrogens (tertiary/aromatic N) is 1. The Balaban J connectivity index is 2.15. The molecule has 0 fully saturated rings. The van der Waals surface area contributed by atoms with Crippen LogP contribution in [0.15, 0.2) is 36.4 Å². The van der Waals surface area contributed by atoms with E-state index in [-0.39, 0.29) is 5.91 Å². The van der Waals surface area contributed by atoms with Crippen LogP contribution < -0.4 is 14.8 Å². The average Bonchev–Trinajstić information content (AvgIpc) is 2.70. The van der Waals surface area contributed by atoms with E-state index >= 15 is 0 Å². The molecule has 0 bridgehead atoms. The van der Waals surface area contributed by atoms with E-state index in [1.807, 2.05) is 18.2 Å². The molecule has 146 valence electrons. The molecule has 5 nitrogen and oxygen atoms in total. The van der Waals surface area contributed by atoms with E-state index in [9.17, 15) is 4.79 Å². The van der Waals surface area contributed by atoms with Crippen LogP contribution in [0.25, 0.3) is 0 Å². The third-order valence-electron chi connectivity index (χ3n) is 4.56. The highest BCUT2D eigenvalue weighted by Crippen LogP contribution is 2.31. The highest BCUT2D eigenvalue weighted by Gasteiger charge is 2.16. The lowest BCUT2D eigenvalue weighted by Crippen LogP contribution is -2.26. The van der Waals surface area contributed by atoms with Gasteiger partial charge in [0, 0.05) is 16.7 Å². The third kappa shape index (κ3) is 5.59. The third-order valence-corrected chi connectivity index (χ3v) is 5.46. The zero-order chi connectivity index (χ0) is 19.8. The minimum atomic E-state index is -0.127. The number of hydrogen-bond acceptors (Lipinski definition) is 4. The maximum absolute atomic E-state index is 12.7. The second-order valence-corrected chi connectivity index (χ2v) is 7.26. The Labute approximate surface area is 175 Å². The van der Waals surface area contributed by atoms with Crippen LogP contribution >= 0.6 is 22.6 Å². The highest BCUT2D eigenvalue weighted by molar-refractivity contribution is 14.1. The molecule has 1 amide bonds. The lowest BCUT2D eigenvalue weighted by atomic mass is 10.1. The maximum Gasteiger partial charge on any atom is 0.252 e. The molecule has 0 saturated heterocycles. The van der Waals surface area contributed by atoms with Crippen molar-refractivity contribution in [2.45, 2.75) is 26.9 Å². The molecule has 0 aliphatic carbocycles. The van der Waals surface area contributed by atoms with Gasteiger partial charge in [-0.05, 0) is 58.9 Å². The van der Waals surface area contributed by atoms with Crippen molar-refractivity contribution in [1.29, 1.82) is 0 Å². The molecule has 0 spiro atoms. The molecule has 0 saturated carbocycles. The lowest BCUT2D eigenvalue weighted by molar-refractivity contribution is 0.0949. The predicted octanol–water partition coefficient (Wildman–Crippen LogP) is 4.08. The van der Waals surface area contributed by atoms with E-state index in [2.05, 4.69) is 58.8 Å². The Morgan fingerprint density at radius 1 is 1.04 bits per heavy atom. The summed E-state index contributed by atoms with van der Waals surface area (Å²) in [6.07, 6.45) is 0. The number of carbonyl (C=O) groups is 1. The minimum absolute atomic E-state index is 0.127. The molecule has 2 aromatic carbocycles. The minimum Gasteiger partial charge on any atom is -0.493 e. The molecule has 0 heterocycles. The van der Waals surface area contributed by atoms with Gasteiger partial charge >= 0.3 is 0 Å². The molecule has 2 rings (SSSR count). The number of hydrogen-bond donors (Lipinski definition) is 1. The van der Waals surface area contributed by atoms with Gasteiger partial charge < -0.3 is 14.8 Å². The van der Waals surface area contributed by atoms with E-state index in [4.69, 9.17) is 9.47 Å². The Hall–Kier alpha value is -1.80. The average molecular weight is 482 g/mol. The van der Waals surface area contributed by atoms with Gasteiger partial charge in [-0.3, -0.25) is 9.69 Å². The van der Waals surface area contributed by atoms with Gasteiger partial charge in [-0.15, -0.1) is 0 Å². The van der Waals surface area contributed by atoms with Gasteiger partial charge in [0.25, 0.3) is 5.91 Å². The second kappa shape index (κ2) is 10.5. The predicted molar refractivity (Wildman–Crippen MR) is 117 cm³/mol. The molecule has 0 aliphatic heterocycles. The molecule has 0 aromatic heterocycles. The van der Waals surface area contributed by atoms with Gasteiger partial charge in [-0.25, -0.2) is 0 Å². The number of benzene rings is 2. The topological polar surface area (TPSA) is 50.8 Å². The van der Waals surface area contributed by atoms with Crippen molar-refractivity contribution in [1.82, 2.24) is 10.2 Å². The Kier molecular flexibility index (Phi) is 8.37. The number of rotatable bonds is 9. The van der Waals surface area contributed by atoms with E-state index in [1.54, 1.807) is 20.3 Å². The van der Waals surface area contributed by atoms with Crippen molar-refractivity contribution in [2.24, 2.45) is 0 Å². The van der Waals surface area contributed by atoms with Gasteiger partial charge in [0.1, 0.15) is 0 Å². The summed E-state index contributed by atoms with van der Waals surface area (Å²) < 4.78 is 11.4. The summed E-state index contributed by atoms with van der Waals surface area (Å²) in [6, 6.07) is 11.8. The molecule has 2 aromatic rings. The molecular weight excluding hydrogens is 455 g/mol. The first-order valence-electron chi connectivity index (χ1n) is 9.02. The summed E-state index contributed by atoms with van der Waals surface area (Å²) >= 11 is 2.14. The maximum atomic E-state index is 12.7. The Morgan fingerprint density at radius 2 is 1.63 bits per heavy atom. The van der Waals surface area contributed by atoms with E-state index < -0.39 is 0 Å². The van der Waals surface area contributed by atoms with E-state index in [0.717, 1.165) is 28.8 Å². The number of halogens is 1. The second-order valence-electron chi connectivity index (χ2n) is 6.10. The van der Waals surface area contributed by atoms with Crippen molar-refractivity contribution in [3.8, 4) is 11.5 Å². The van der Waals surface area contributed by atoms with Crippen LogP contribution in [0.4, 0.5) is 0 Å². The fourth-order valence-corrected chi connectivity index (χ4v) is 3.55. The first kappa shape index (κ1) is 21.5. The molecule has 1 N–H and O–H groups in total. The monoisotopic (exact) mass is 482 g/mol. The summed E-state index contributed by atoms with van der Waals surface area (Å²) in [5.41, 5.74) is 2.95. The van der Waals surface area contributed by atoms with Crippen LogP contribution in [-0.4, -0.2) is 38.1 Å². The molecule has 0 aliphatic rings. The number of amides is 1. The van der Waals surface area contributed by atoms with Crippen LogP contribution in [0.2, 0.25) is 0 Å². The van der Waals surface area contributed by atoms with Crippen LogP contribution in [0.3, 0.4) is 0 Å². The number of nitrogens with one attached hydrogen (secondary N) is 1. The van der Waals surface area contributed by atoms with Crippen LogP contribution in [-0.2, 0) is 13.1 Å². The number of ether oxygens (including phenoxy) is 2. The van der Waals surface area contributed by atoms with Gasteiger partial charge in [-0.1, -0.05) is 38.1 Å². The van der Waals surface area contributed by atoms with Crippen molar-refractivity contribution >= 4 is 28.5 Å². The Morgan fingerprint density at radius 3 is 2.22 bits per heavy atom. The van der Waals surface area contributed by atoms with E-state index in [0.29, 0.717) is 23.6 Å². The van der Waals surface area contributed by atoms with Crippen LogP contribution in [0.1, 0.15) is 35.3 Å². The summed E-state index contributed by atoms with van der Waals surface area (Å²) in [7, 11) is 3.15. The van der Waals surface area contributed by atoms with Crippen molar-refractivity contribution in [2.75, 3.05) is 27.3 Å². The SMILES string of the molecule is CCN(CC)Cc1ccccc1CNC(=O)c1cc(OC)c(OC)cc1I. The molecule has 27 heavy (non-hydrogen) atoms. The van der Waals surface area contributed by atoms with Crippen molar-refractivity contribution in [3.63, 3.8) is 0 Å². The zero-order valence-electron chi connectivity index (χ0n) is 16.3. The summed E-state index contributed by atoms with van der Waals surface area (Å²) in [6.45, 7) is 7.69. The number of carbonyl (C=O) groups excluding carboxylic acids is 1. The van der Waals surface area contributed by atoms with Crippen LogP contribution in [0, 0.1) is 3.57 Å². The highest BCUT2D eigenvalue weighted by atomic mass is 127. The summed E-state index contributed by atoms with van der Waals surface area (Å²) in [5.74, 6) is 1.03. The van der Waals surface area contributed by atoms with Gasteiger partial charge in [-0.2, -0.15) is 0 Å². The normalized spacial score (nSPS) is 10.7. The van der Waals surface area contributed by atoms with Gasteiger partial charge in [0.2, 0.25) is 0 Å². The quantitative estimate of drug-likeness (QED) is 0.548. The Bertz CT molecular complexity index is 776. The van der Waals surface area contributed by atoms with E-state index in [1.165, 1.54) is 5.56 Å². The van der Waals surface area contributed by atoms with Crippen molar-refractivity contribution < 1.29 is 14.3 Å². The first-order chi connectivity index (χ1) is 13.0. The number of methoxy groups -OCH3 is 2. The standard InChI is InChI=1S/C21H27IN2O3/c1-5-24(6-2)14-16-10-8-7-9-15(16)13-23-21(25)17-11-19(26-3)20(27-4)12-18(17)22/h7-12H,5-6,13-14H2,1-4H3,(H,23,25). The first-order valence-corrected chi connectivity index (χ1v) is 10.1. The van der Waals surface area contributed by atoms with Crippen LogP contribution in [0.5, 0.6) is 11.5 Å². The molecular formula is C21H27IN2O3. The zero-order valence-corrected chi connectivity index (χ0v) is 18.5. The molecule has 0 atom stereocenters.